The Hall–Kier alpha value is -2.85. The van der Waals surface area contributed by atoms with Crippen LogP contribution < -0.4 is 4.74 Å². The van der Waals surface area contributed by atoms with Crippen molar-refractivity contribution in [3.8, 4) is 11.8 Å². The summed E-state index contributed by atoms with van der Waals surface area (Å²) >= 11 is 0. The fraction of sp³-hybridized carbons (Fsp3) is 0.440. The molecule has 0 aliphatic heterocycles. The molecule has 0 aliphatic carbocycles. The number of hydrogen-bond acceptors (Lipinski definition) is 6. The van der Waals surface area contributed by atoms with Crippen molar-refractivity contribution in [3.63, 3.8) is 0 Å². The lowest BCUT2D eigenvalue weighted by Crippen LogP contribution is -2.23. The maximum Gasteiger partial charge on any atom is 0.358 e. The van der Waals surface area contributed by atoms with E-state index in [-0.39, 0.29) is 27.4 Å². The van der Waals surface area contributed by atoms with Gasteiger partial charge in [0.2, 0.25) is 0 Å². The first kappa shape index (κ1) is 25.4. The van der Waals surface area contributed by atoms with Crippen LogP contribution in [0, 0.1) is 22.2 Å². The second-order valence-corrected chi connectivity index (χ2v) is 11.6. The van der Waals surface area contributed by atoms with Gasteiger partial charge < -0.3 is 4.74 Å². The molecule has 2 rings (SSSR count). The van der Waals surface area contributed by atoms with E-state index in [1.54, 1.807) is 24.3 Å². The third kappa shape index (κ3) is 6.83. The highest BCUT2D eigenvalue weighted by Crippen LogP contribution is 2.43. The molecule has 0 saturated carbocycles. The lowest BCUT2D eigenvalue weighted by molar-refractivity contribution is 0.229. The van der Waals surface area contributed by atoms with E-state index in [9.17, 15) is 13.7 Å². The molecule has 0 saturated heterocycles. The Morgan fingerprint density at radius 2 is 1.56 bits per heavy atom. The van der Waals surface area contributed by atoms with Crippen molar-refractivity contribution in [2.45, 2.75) is 58.8 Å². The summed E-state index contributed by atoms with van der Waals surface area (Å²) in [6, 6.07) is 15.1. The Bertz CT molecular complexity index is 1080. The van der Waals surface area contributed by atoms with Gasteiger partial charge in [0.15, 0.2) is 5.71 Å². The van der Waals surface area contributed by atoms with E-state index >= 15 is 0 Å². The Kier molecular flexibility index (Phi) is 7.74. The van der Waals surface area contributed by atoms with Crippen LogP contribution in [0.3, 0.4) is 0 Å². The third-order valence-corrected chi connectivity index (χ3v) is 6.25. The monoisotopic (exact) mass is 456 g/mol. The molecule has 1 unspecified atom stereocenters. The van der Waals surface area contributed by atoms with Gasteiger partial charge in [-0.2, -0.15) is 13.7 Å². The minimum Gasteiger partial charge on any atom is -0.497 e. The second kappa shape index (κ2) is 9.74. The normalized spacial score (nSPS) is 13.9. The SMILES string of the molecule is COc1ccc(C(C#N)=NOS(=O)(=O)c2ccc(C(CC(C)(C)C)C(C)(C)C)cc2)cc1. The van der Waals surface area contributed by atoms with E-state index in [0.29, 0.717) is 11.3 Å². The van der Waals surface area contributed by atoms with Gasteiger partial charge in [0, 0.05) is 5.56 Å². The first-order valence-corrected chi connectivity index (χ1v) is 11.8. The molecule has 172 valence electrons. The molecule has 6 nitrogen and oxygen atoms in total. The molecule has 7 heteroatoms. The fourth-order valence-electron chi connectivity index (χ4n) is 3.42. The van der Waals surface area contributed by atoms with Crippen molar-refractivity contribution < 1.29 is 17.4 Å². The zero-order chi connectivity index (χ0) is 24.2. The molecule has 2 aromatic rings. The summed E-state index contributed by atoms with van der Waals surface area (Å²) in [5.41, 5.74) is 1.51. The third-order valence-electron chi connectivity index (χ3n) is 5.13. The summed E-state index contributed by atoms with van der Waals surface area (Å²) < 4.78 is 35.2. The molecular formula is C25H32N2O4S. The van der Waals surface area contributed by atoms with E-state index in [4.69, 9.17) is 9.02 Å². The molecule has 0 fully saturated rings. The summed E-state index contributed by atoms with van der Waals surface area (Å²) in [4.78, 5) is -0.0135. The van der Waals surface area contributed by atoms with Gasteiger partial charge >= 0.3 is 10.1 Å². The van der Waals surface area contributed by atoms with Crippen LogP contribution >= 0.6 is 0 Å². The van der Waals surface area contributed by atoms with Gasteiger partial charge in [-0.25, -0.2) is 0 Å². The molecule has 0 amide bonds. The van der Waals surface area contributed by atoms with Crippen LogP contribution in [0.1, 0.15) is 65.0 Å². The average Bonchev–Trinajstić information content (AvgIpc) is 2.71. The minimum absolute atomic E-state index is 0.0135. The highest BCUT2D eigenvalue weighted by Gasteiger charge is 2.30. The van der Waals surface area contributed by atoms with E-state index < -0.39 is 10.1 Å². The van der Waals surface area contributed by atoms with Crippen LogP contribution in [-0.2, 0) is 14.4 Å². The number of nitrogens with zero attached hydrogens (tertiary/aromatic N) is 2. The van der Waals surface area contributed by atoms with Crippen LogP contribution in [0.2, 0.25) is 0 Å². The summed E-state index contributed by atoms with van der Waals surface area (Å²) in [6.07, 6.45) is 0.969. The summed E-state index contributed by atoms with van der Waals surface area (Å²) in [5, 5.41) is 12.9. The van der Waals surface area contributed by atoms with Gasteiger partial charge in [0.1, 0.15) is 16.7 Å². The van der Waals surface area contributed by atoms with Crippen molar-refractivity contribution in [2.75, 3.05) is 7.11 Å². The highest BCUT2D eigenvalue weighted by atomic mass is 32.2. The molecule has 0 bridgehead atoms. The smallest absolute Gasteiger partial charge is 0.358 e. The number of methoxy groups -OCH3 is 1. The average molecular weight is 457 g/mol. The predicted octanol–water partition coefficient (Wildman–Crippen LogP) is 5.89. The van der Waals surface area contributed by atoms with E-state index in [1.807, 2.05) is 18.2 Å². The van der Waals surface area contributed by atoms with Crippen molar-refractivity contribution >= 4 is 15.8 Å². The summed E-state index contributed by atoms with van der Waals surface area (Å²) in [7, 11) is -2.63. The zero-order valence-electron chi connectivity index (χ0n) is 19.8. The Morgan fingerprint density at radius 1 is 1.00 bits per heavy atom. The maximum absolute atomic E-state index is 12.6. The predicted molar refractivity (Wildman–Crippen MR) is 126 cm³/mol. The Labute approximate surface area is 192 Å². The summed E-state index contributed by atoms with van der Waals surface area (Å²) in [5.74, 6) is 0.873. The first-order chi connectivity index (χ1) is 14.8. The van der Waals surface area contributed by atoms with Gasteiger partial charge in [-0.1, -0.05) is 58.8 Å². The van der Waals surface area contributed by atoms with Crippen molar-refractivity contribution in [2.24, 2.45) is 16.0 Å². The molecule has 0 aliphatic rings. The van der Waals surface area contributed by atoms with Crippen LogP contribution in [0.4, 0.5) is 0 Å². The number of nitriles is 1. The lowest BCUT2D eigenvalue weighted by atomic mass is 9.69. The minimum atomic E-state index is -4.16. The fourth-order valence-corrected chi connectivity index (χ4v) is 4.15. The Morgan fingerprint density at radius 3 is 2.00 bits per heavy atom. The zero-order valence-corrected chi connectivity index (χ0v) is 20.7. The van der Waals surface area contributed by atoms with E-state index in [1.165, 1.54) is 19.2 Å². The topological polar surface area (TPSA) is 88.8 Å². The molecule has 1 atom stereocenters. The molecule has 0 N–H and O–H groups in total. The van der Waals surface area contributed by atoms with Gasteiger partial charge in [-0.3, -0.25) is 4.28 Å². The molecule has 0 spiro atoms. The standard InChI is InChI=1S/C25H32N2O4S/c1-24(2,3)16-22(25(4,5)6)18-10-14-21(15-11-18)32(28,29)31-27-23(17-26)19-8-12-20(30-7)13-9-19/h8-15,22H,16H2,1-7H3. The van der Waals surface area contributed by atoms with Crippen molar-refractivity contribution in [3.05, 3.63) is 59.7 Å². The van der Waals surface area contributed by atoms with Gasteiger partial charge in [-0.15, -0.1) is 0 Å². The first-order valence-electron chi connectivity index (χ1n) is 10.4. The second-order valence-electron chi connectivity index (χ2n) is 10.1. The van der Waals surface area contributed by atoms with Gasteiger partial charge in [0.05, 0.1) is 7.11 Å². The maximum atomic E-state index is 12.6. The number of hydrogen-bond donors (Lipinski definition) is 0. The van der Waals surface area contributed by atoms with Crippen LogP contribution in [0.25, 0.3) is 0 Å². The van der Waals surface area contributed by atoms with Gasteiger partial charge in [-0.05, 0) is 65.1 Å². The van der Waals surface area contributed by atoms with Crippen LogP contribution in [0.15, 0.2) is 58.6 Å². The van der Waals surface area contributed by atoms with Crippen LogP contribution in [0.5, 0.6) is 5.75 Å². The molecule has 0 radical (unpaired) electrons. The molecular weight excluding hydrogens is 424 g/mol. The molecule has 32 heavy (non-hydrogen) atoms. The lowest BCUT2D eigenvalue weighted by Gasteiger charge is -2.36. The highest BCUT2D eigenvalue weighted by molar-refractivity contribution is 7.86. The number of rotatable bonds is 7. The molecule has 0 aromatic heterocycles. The number of benzene rings is 2. The van der Waals surface area contributed by atoms with Crippen LogP contribution in [-0.4, -0.2) is 21.2 Å². The van der Waals surface area contributed by atoms with Crippen molar-refractivity contribution in [1.29, 1.82) is 5.26 Å². The van der Waals surface area contributed by atoms with E-state index in [2.05, 4.69) is 46.7 Å². The molecule has 0 heterocycles. The summed E-state index contributed by atoms with van der Waals surface area (Å²) in [6.45, 7) is 13.2. The van der Waals surface area contributed by atoms with Crippen molar-refractivity contribution in [1.82, 2.24) is 0 Å². The largest absolute Gasteiger partial charge is 0.497 e. The molecule has 2 aromatic carbocycles. The Balaban J connectivity index is 2.26. The quantitative estimate of drug-likeness (QED) is 0.382. The van der Waals surface area contributed by atoms with E-state index in [0.717, 1.165) is 12.0 Å². The number of oxime groups is 1. The number of ether oxygens (including phenoxy) is 1. The van der Waals surface area contributed by atoms with Gasteiger partial charge in [0.25, 0.3) is 0 Å².